The Morgan fingerprint density at radius 3 is 2.70 bits per heavy atom. The molecule has 0 spiro atoms. The van der Waals surface area contributed by atoms with Crippen LogP contribution < -0.4 is 15.6 Å². The quantitative estimate of drug-likeness (QED) is 0.519. The van der Waals surface area contributed by atoms with Crippen molar-refractivity contribution in [3.05, 3.63) is 63.8 Å². The number of carbonyl (C=O) groups is 1. The number of amides is 1. The lowest BCUT2D eigenvalue weighted by molar-refractivity contribution is -0.0415. The second-order valence-corrected chi connectivity index (χ2v) is 8.35. The topological polar surface area (TPSA) is 100 Å². The molecule has 0 aliphatic carbocycles. The lowest BCUT2D eigenvalue weighted by Gasteiger charge is -2.45. The number of fused-ring (bicyclic) bond motifs is 1. The fourth-order valence-electron chi connectivity index (χ4n) is 3.76. The van der Waals surface area contributed by atoms with Crippen molar-refractivity contribution in [2.24, 2.45) is 0 Å². The van der Waals surface area contributed by atoms with Gasteiger partial charge >= 0.3 is 0 Å². The van der Waals surface area contributed by atoms with Gasteiger partial charge in [-0.25, -0.2) is 4.98 Å². The molecule has 1 amide bonds. The number of aromatic amines is 1. The van der Waals surface area contributed by atoms with E-state index >= 15 is 0 Å². The van der Waals surface area contributed by atoms with Gasteiger partial charge < -0.3 is 15.0 Å². The van der Waals surface area contributed by atoms with Crippen LogP contribution in [0.5, 0.6) is 5.75 Å². The number of aromatic nitrogens is 3. The van der Waals surface area contributed by atoms with E-state index < -0.39 is 11.1 Å². The number of nitrogens with one attached hydrogen (secondary N) is 2. The summed E-state index contributed by atoms with van der Waals surface area (Å²) in [7, 11) is 16.1. The Bertz CT molecular complexity index is 1230. The van der Waals surface area contributed by atoms with Crippen LogP contribution in [0.4, 0.5) is 0 Å². The average Bonchev–Trinajstić information content (AvgIpc) is 2.76. The minimum absolute atomic E-state index is 0.0170. The molecule has 8 nitrogen and oxygen atoms in total. The number of aryl methyl sites for hydroxylation is 1. The van der Waals surface area contributed by atoms with Crippen molar-refractivity contribution in [1.82, 2.24) is 25.2 Å². The van der Waals surface area contributed by atoms with Gasteiger partial charge in [0.05, 0.1) is 40.8 Å². The largest absolute Gasteiger partial charge is 0.486 e. The van der Waals surface area contributed by atoms with Crippen molar-refractivity contribution < 1.29 is 9.53 Å². The number of nitrogens with zero attached hydrogens (tertiary/aromatic N) is 3. The molecule has 1 fully saturated rings. The maximum Gasteiger partial charge on any atom is 0.268 e. The summed E-state index contributed by atoms with van der Waals surface area (Å²) in [5.41, 5.74) is 3.33. The summed E-state index contributed by atoms with van der Waals surface area (Å²) in [4.78, 5) is 37.8. The third-order valence-electron chi connectivity index (χ3n) is 5.71. The lowest BCUT2D eigenvalue weighted by Crippen LogP contribution is -2.60. The van der Waals surface area contributed by atoms with Gasteiger partial charge in [-0.05, 0) is 43.2 Å². The van der Waals surface area contributed by atoms with Gasteiger partial charge in [0.2, 0.25) is 0 Å². The standard InChI is InChI=1S/C22H22B3N5O3/c1-3-14-7-17-18(28-20(14)31)6-13(8-26-17)10-30-11-19(12(30)2)33-15-4-5-16(27-9-15)21(32)29-22(23,24)25/h4-9,12,19H,3,10-11H2,1-2H3,(H,28,31)(H,29,32)/t12-,19+/m1/s1. The molecule has 6 radical (unpaired) electrons. The third kappa shape index (κ3) is 5.30. The van der Waals surface area contributed by atoms with Crippen LogP contribution in [-0.4, -0.2) is 73.2 Å². The highest BCUT2D eigenvalue weighted by molar-refractivity contribution is 6.60. The van der Waals surface area contributed by atoms with Gasteiger partial charge in [0.1, 0.15) is 17.5 Å². The van der Waals surface area contributed by atoms with Gasteiger partial charge in [-0.15, -0.1) is 0 Å². The highest BCUT2D eigenvalue weighted by Crippen LogP contribution is 2.26. The van der Waals surface area contributed by atoms with Crippen molar-refractivity contribution in [3.8, 4) is 5.75 Å². The molecule has 0 saturated carbocycles. The Morgan fingerprint density at radius 1 is 1.27 bits per heavy atom. The number of ether oxygens (including phenoxy) is 1. The zero-order valence-corrected chi connectivity index (χ0v) is 18.5. The number of carbonyl (C=O) groups excluding carboxylic acids is 1. The second-order valence-electron chi connectivity index (χ2n) is 8.35. The van der Waals surface area contributed by atoms with E-state index in [1.54, 1.807) is 6.07 Å². The number of hydrogen-bond donors (Lipinski definition) is 2. The molecule has 4 heterocycles. The summed E-state index contributed by atoms with van der Waals surface area (Å²) in [5.74, 6) is -0.0206. The minimum Gasteiger partial charge on any atom is -0.486 e. The fourth-order valence-corrected chi connectivity index (χ4v) is 3.76. The van der Waals surface area contributed by atoms with E-state index in [-0.39, 0.29) is 23.4 Å². The number of hydrogen-bond acceptors (Lipinski definition) is 6. The Kier molecular flexibility index (Phi) is 6.34. The first-order valence-corrected chi connectivity index (χ1v) is 10.7. The van der Waals surface area contributed by atoms with E-state index in [0.29, 0.717) is 18.7 Å². The zero-order valence-electron chi connectivity index (χ0n) is 18.5. The van der Waals surface area contributed by atoms with Crippen LogP contribution in [0.2, 0.25) is 0 Å². The fraction of sp³-hybridized carbons (Fsp3) is 0.364. The highest BCUT2D eigenvalue weighted by Gasteiger charge is 2.37. The maximum atomic E-state index is 12.1. The van der Waals surface area contributed by atoms with Crippen LogP contribution >= 0.6 is 0 Å². The van der Waals surface area contributed by atoms with Crippen LogP contribution in [-0.2, 0) is 13.0 Å². The molecule has 2 N–H and O–H groups in total. The molecule has 11 heteroatoms. The molecule has 33 heavy (non-hydrogen) atoms. The molecule has 0 bridgehead atoms. The van der Waals surface area contributed by atoms with Crippen molar-refractivity contribution in [3.63, 3.8) is 0 Å². The Labute approximate surface area is 195 Å². The molecule has 4 rings (SSSR count). The summed E-state index contributed by atoms with van der Waals surface area (Å²) < 4.78 is 6.00. The van der Waals surface area contributed by atoms with Crippen molar-refractivity contribution in [1.29, 1.82) is 0 Å². The Balaban J connectivity index is 1.34. The summed E-state index contributed by atoms with van der Waals surface area (Å²) in [6.45, 7) is 5.44. The van der Waals surface area contributed by atoms with E-state index in [4.69, 9.17) is 28.3 Å². The van der Waals surface area contributed by atoms with E-state index in [1.807, 2.05) is 25.3 Å². The highest BCUT2D eigenvalue weighted by atomic mass is 16.5. The minimum atomic E-state index is -1.81. The van der Waals surface area contributed by atoms with Crippen LogP contribution in [0.25, 0.3) is 11.0 Å². The first-order chi connectivity index (χ1) is 15.6. The van der Waals surface area contributed by atoms with Crippen molar-refractivity contribution in [2.45, 2.75) is 44.2 Å². The zero-order chi connectivity index (χ0) is 23.8. The van der Waals surface area contributed by atoms with E-state index in [2.05, 4.69) is 32.1 Å². The molecule has 0 unspecified atom stereocenters. The number of pyridine rings is 3. The van der Waals surface area contributed by atoms with Crippen LogP contribution in [0.15, 0.2) is 41.5 Å². The first kappa shape index (κ1) is 23.1. The molecule has 3 aromatic heterocycles. The Hall–Kier alpha value is -3.07. The number of likely N-dealkylation sites (tertiary alicyclic amines) is 1. The summed E-state index contributed by atoms with van der Waals surface area (Å²) in [5, 5.41) is 0.421. The Morgan fingerprint density at radius 2 is 2.06 bits per heavy atom. The van der Waals surface area contributed by atoms with Crippen LogP contribution in [0, 0.1) is 0 Å². The SMILES string of the molecule is [B]C([B])([B])NC(=O)c1ccc(O[C@H]2CN(Cc3cnc4cc(CC)c(=O)[nH]c4c3)[C@@H]2C)cn1. The van der Waals surface area contributed by atoms with Gasteiger partial charge in [0.25, 0.3) is 11.5 Å². The number of H-pyrrole nitrogens is 1. The van der Waals surface area contributed by atoms with Crippen LogP contribution in [0.3, 0.4) is 0 Å². The average molecular weight is 437 g/mol. The molecular weight excluding hydrogens is 415 g/mol. The molecule has 1 aliphatic rings. The van der Waals surface area contributed by atoms with E-state index in [1.165, 1.54) is 12.3 Å². The summed E-state index contributed by atoms with van der Waals surface area (Å²) in [6.07, 6.45) is 3.97. The summed E-state index contributed by atoms with van der Waals surface area (Å²) in [6, 6.07) is 7.16. The van der Waals surface area contributed by atoms with Crippen molar-refractivity contribution in [2.75, 3.05) is 6.54 Å². The summed E-state index contributed by atoms with van der Waals surface area (Å²) >= 11 is 0. The van der Waals surface area contributed by atoms with Gasteiger partial charge in [-0.2, -0.15) is 0 Å². The molecule has 2 atom stereocenters. The van der Waals surface area contributed by atoms with E-state index in [0.717, 1.165) is 28.7 Å². The van der Waals surface area contributed by atoms with Crippen LogP contribution in [0.1, 0.15) is 35.5 Å². The van der Waals surface area contributed by atoms with Gasteiger partial charge in [-0.3, -0.25) is 19.5 Å². The number of rotatable bonds is 7. The predicted molar refractivity (Wildman–Crippen MR) is 128 cm³/mol. The van der Waals surface area contributed by atoms with Gasteiger partial charge in [0.15, 0.2) is 0 Å². The molecule has 1 saturated heterocycles. The molecule has 162 valence electrons. The lowest BCUT2D eigenvalue weighted by atomic mass is 9.49. The second kappa shape index (κ2) is 9.06. The predicted octanol–water partition coefficient (Wildman–Crippen LogP) is 0.379. The maximum absolute atomic E-state index is 12.1. The van der Waals surface area contributed by atoms with E-state index in [9.17, 15) is 9.59 Å². The smallest absolute Gasteiger partial charge is 0.268 e. The molecule has 1 aliphatic heterocycles. The normalized spacial score (nSPS) is 18.6. The van der Waals surface area contributed by atoms with Crippen molar-refractivity contribution >= 4 is 40.5 Å². The van der Waals surface area contributed by atoms with Gasteiger partial charge in [0, 0.05) is 30.9 Å². The molecule has 3 aromatic rings. The first-order valence-electron chi connectivity index (χ1n) is 10.7. The third-order valence-corrected chi connectivity index (χ3v) is 5.71. The van der Waals surface area contributed by atoms with Gasteiger partial charge in [-0.1, -0.05) is 12.2 Å². The monoisotopic (exact) mass is 437 g/mol. The molecule has 0 aromatic carbocycles. The molecular formula is C22H22B3N5O3.